The summed E-state index contributed by atoms with van der Waals surface area (Å²) >= 11 is 0. The van der Waals surface area contributed by atoms with Crippen LogP contribution in [0.5, 0.6) is 0 Å². The van der Waals surface area contributed by atoms with E-state index in [2.05, 4.69) is 0 Å². The number of nitrogens with zero attached hydrogens (tertiary/aromatic N) is 1. The molecule has 10 heteroatoms. The first-order chi connectivity index (χ1) is 11.3. The molecular weight excluding hydrogens is 340 g/mol. The van der Waals surface area contributed by atoms with Gasteiger partial charge in [-0.2, -0.15) is 0 Å². The highest BCUT2D eigenvalue weighted by molar-refractivity contribution is 7.89. The van der Waals surface area contributed by atoms with Gasteiger partial charge in [-0.15, -0.1) is 0 Å². The van der Waals surface area contributed by atoms with Gasteiger partial charge >= 0.3 is 5.97 Å². The number of sulfonamides is 1. The second-order valence-electron chi connectivity index (χ2n) is 4.69. The molecular formula is C14H10N2O7S. The molecule has 1 aliphatic rings. The van der Waals surface area contributed by atoms with Gasteiger partial charge in [0.1, 0.15) is 11.8 Å². The average Bonchev–Trinajstić information content (AvgIpc) is 3.16. The summed E-state index contributed by atoms with van der Waals surface area (Å²) in [7, 11) is -2.70. The van der Waals surface area contributed by atoms with Gasteiger partial charge in [0.15, 0.2) is 0 Å². The first-order valence-corrected chi connectivity index (χ1v) is 8.05. The van der Waals surface area contributed by atoms with Crippen molar-refractivity contribution in [1.82, 2.24) is 9.79 Å². The van der Waals surface area contributed by atoms with E-state index in [9.17, 15) is 22.8 Å². The molecule has 3 rings (SSSR count). The molecule has 1 N–H and O–H groups in total. The summed E-state index contributed by atoms with van der Waals surface area (Å²) in [5.74, 6) is -2.67. The molecule has 0 atom stereocenters. The fourth-order valence-corrected chi connectivity index (χ4v) is 2.71. The summed E-state index contributed by atoms with van der Waals surface area (Å²) < 4.78 is 29.9. The van der Waals surface area contributed by atoms with E-state index in [1.165, 1.54) is 19.2 Å². The molecule has 2 amide bonds. The molecule has 0 spiro atoms. The SMILES string of the molecule is CNS(=O)(=O)c1cc(C(=O)ON2C(=O)c3ccccc3C2=O)co1. The molecule has 124 valence electrons. The number of nitrogens with one attached hydrogen (secondary N) is 1. The molecule has 0 radical (unpaired) electrons. The van der Waals surface area contributed by atoms with Crippen LogP contribution in [0.4, 0.5) is 0 Å². The molecule has 0 fully saturated rings. The smallest absolute Gasteiger partial charge is 0.367 e. The van der Waals surface area contributed by atoms with Gasteiger partial charge in [-0.25, -0.2) is 17.9 Å². The number of rotatable bonds is 4. The zero-order valence-electron chi connectivity index (χ0n) is 12.2. The van der Waals surface area contributed by atoms with Gasteiger partial charge in [-0.1, -0.05) is 17.2 Å². The number of carbonyl (C=O) groups excluding carboxylic acids is 3. The average molecular weight is 350 g/mol. The van der Waals surface area contributed by atoms with E-state index < -0.39 is 32.9 Å². The molecule has 1 aromatic heterocycles. The topological polar surface area (TPSA) is 123 Å². The predicted molar refractivity (Wildman–Crippen MR) is 77.3 cm³/mol. The Morgan fingerprint density at radius 2 is 1.75 bits per heavy atom. The van der Waals surface area contributed by atoms with Gasteiger partial charge in [0.05, 0.1) is 11.1 Å². The van der Waals surface area contributed by atoms with E-state index in [4.69, 9.17) is 9.25 Å². The van der Waals surface area contributed by atoms with Crippen LogP contribution < -0.4 is 4.72 Å². The Morgan fingerprint density at radius 1 is 1.17 bits per heavy atom. The third-order valence-electron chi connectivity index (χ3n) is 3.28. The molecule has 0 aliphatic carbocycles. The Kier molecular flexibility index (Phi) is 3.70. The van der Waals surface area contributed by atoms with Crippen molar-refractivity contribution >= 4 is 27.8 Å². The Bertz CT molecular complexity index is 926. The van der Waals surface area contributed by atoms with E-state index in [0.717, 1.165) is 12.3 Å². The molecule has 0 bridgehead atoms. The standard InChI is InChI=1S/C14H10N2O7S/c1-15-24(20,21)11-6-8(7-22-11)14(19)23-16-12(17)9-4-2-3-5-10(9)13(16)18/h2-7,15H,1H3. The third kappa shape index (κ3) is 2.47. The lowest BCUT2D eigenvalue weighted by Crippen LogP contribution is -2.32. The number of hydroxylamine groups is 2. The van der Waals surface area contributed by atoms with Crippen molar-refractivity contribution in [3.8, 4) is 0 Å². The molecule has 24 heavy (non-hydrogen) atoms. The van der Waals surface area contributed by atoms with E-state index in [-0.39, 0.29) is 16.7 Å². The van der Waals surface area contributed by atoms with Crippen LogP contribution in [0.15, 0.2) is 46.1 Å². The Labute approximate surface area is 135 Å². The van der Waals surface area contributed by atoms with Crippen molar-refractivity contribution in [3.05, 3.63) is 53.3 Å². The van der Waals surface area contributed by atoms with Crippen molar-refractivity contribution in [2.24, 2.45) is 0 Å². The van der Waals surface area contributed by atoms with Crippen molar-refractivity contribution in [3.63, 3.8) is 0 Å². The zero-order chi connectivity index (χ0) is 17.5. The summed E-state index contributed by atoms with van der Waals surface area (Å²) in [6.45, 7) is 0. The first-order valence-electron chi connectivity index (χ1n) is 6.57. The van der Waals surface area contributed by atoms with Crippen LogP contribution in [0.3, 0.4) is 0 Å². The Balaban J connectivity index is 1.82. The number of hydrogen-bond acceptors (Lipinski definition) is 7. The van der Waals surface area contributed by atoms with E-state index in [0.29, 0.717) is 5.06 Å². The summed E-state index contributed by atoms with van der Waals surface area (Å²) in [5, 5.41) is -0.175. The highest BCUT2D eigenvalue weighted by atomic mass is 32.2. The normalized spacial score (nSPS) is 14.0. The summed E-state index contributed by atoms with van der Waals surface area (Å²) in [4.78, 5) is 41.0. The number of benzene rings is 1. The molecule has 2 aromatic rings. The van der Waals surface area contributed by atoms with Gasteiger partial charge in [-0.3, -0.25) is 9.59 Å². The van der Waals surface area contributed by atoms with Crippen LogP contribution in [-0.4, -0.2) is 38.3 Å². The van der Waals surface area contributed by atoms with E-state index in [1.807, 2.05) is 4.72 Å². The van der Waals surface area contributed by atoms with Gasteiger partial charge < -0.3 is 9.25 Å². The number of hydrogen-bond donors (Lipinski definition) is 1. The Hall–Kier alpha value is -2.98. The minimum absolute atomic E-state index is 0.112. The maximum atomic E-state index is 12.1. The molecule has 1 aliphatic heterocycles. The number of amides is 2. The number of carbonyl (C=O) groups is 3. The lowest BCUT2D eigenvalue weighted by molar-refractivity contribution is -0.0585. The number of furan rings is 1. The highest BCUT2D eigenvalue weighted by Gasteiger charge is 2.39. The maximum Gasteiger partial charge on any atom is 0.367 e. The van der Waals surface area contributed by atoms with Gasteiger partial charge in [0.25, 0.3) is 21.8 Å². The van der Waals surface area contributed by atoms with E-state index in [1.54, 1.807) is 12.1 Å². The minimum Gasteiger partial charge on any atom is -0.451 e. The van der Waals surface area contributed by atoms with Gasteiger partial charge in [0.2, 0.25) is 5.09 Å². The third-order valence-corrected chi connectivity index (χ3v) is 4.56. The first kappa shape index (κ1) is 15.9. The predicted octanol–water partition coefficient (Wildman–Crippen LogP) is 0.556. The van der Waals surface area contributed by atoms with Crippen molar-refractivity contribution < 1.29 is 32.1 Å². The van der Waals surface area contributed by atoms with Crippen molar-refractivity contribution in [2.45, 2.75) is 5.09 Å². The molecule has 0 saturated heterocycles. The molecule has 2 heterocycles. The lowest BCUT2D eigenvalue weighted by Gasteiger charge is -2.11. The maximum absolute atomic E-state index is 12.1. The largest absolute Gasteiger partial charge is 0.451 e. The summed E-state index contributed by atoms with van der Waals surface area (Å²) in [5.41, 5.74) is -0.0396. The highest BCUT2D eigenvalue weighted by Crippen LogP contribution is 2.24. The molecule has 9 nitrogen and oxygen atoms in total. The van der Waals surface area contributed by atoms with E-state index >= 15 is 0 Å². The van der Waals surface area contributed by atoms with Crippen LogP contribution in [0, 0.1) is 0 Å². The second kappa shape index (κ2) is 5.58. The van der Waals surface area contributed by atoms with Gasteiger partial charge in [0, 0.05) is 6.07 Å². The van der Waals surface area contributed by atoms with Crippen LogP contribution in [0.25, 0.3) is 0 Å². The van der Waals surface area contributed by atoms with Gasteiger partial charge in [-0.05, 0) is 19.2 Å². The zero-order valence-corrected chi connectivity index (χ0v) is 13.0. The van der Waals surface area contributed by atoms with Crippen molar-refractivity contribution in [2.75, 3.05) is 7.05 Å². The lowest BCUT2D eigenvalue weighted by atomic mass is 10.1. The monoisotopic (exact) mass is 350 g/mol. The van der Waals surface area contributed by atoms with Crippen LogP contribution in [0.2, 0.25) is 0 Å². The van der Waals surface area contributed by atoms with Crippen LogP contribution in [0.1, 0.15) is 31.1 Å². The second-order valence-corrected chi connectivity index (χ2v) is 6.51. The number of imide groups is 1. The fraction of sp³-hybridized carbons (Fsp3) is 0.0714. The number of fused-ring (bicyclic) bond motifs is 1. The molecule has 1 aromatic carbocycles. The Morgan fingerprint density at radius 3 is 2.29 bits per heavy atom. The van der Waals surface area contributed by atoms with Crippen molar-refractivity contribution in [1.29, 1.82) is 0 Å². The quantitative estimate of drug-likeness (QED) is 0.799. The minimum atomic E-state index is -3.88. The molecule has 0 saturated carbocycles. The van der Waals surface area contributed by atoms with Crippen LogP contribution >= 0.6 is 0 Å². The summed E-state index contributed by atoms with van der Waals surface area (Å²) in [6.07, 6.45) is 0.852. The molecule has 0 unspecified atom stereocenters. The summed E-state index contributed by atoms with van der Waals surface area (Å²) in [6, 6.07) is 6.92. The fourth-order valence-electron chi connectivity index (χ4n) is 2.05. The van der Waals surface area contributed by atoms with Crippen LogP contribution in [-0.2, 0) is 14.9 Å².